The van der Waals surface area contributed by atoms with Crippen molar-refractivity contribution in [3.63, 3.8) is 0 Å². The highest BCUT2D eigenvalue weighted by atomic mass is 16.2. The summed E-state index contributed by atoms with van der Waals surface area (Å²) in [5.41, 5.74) is 6.32. The second-order valence-electron chi connectivity index (χ2n) is 8.00. The zero-order valence-corrected chi connectivity index (χ0v) is 18.5. The smallest absolute Gasteiger partial charge is 0.246 e. The van der Waals surface area contributed by atoms with Crippen LogP contribution in [0.15, 0.2) is 91.3 Å². The average molecular weight is 425 g/mol. The molecule has 1 amide bonds. The van der Waals surface area contributed by atoms with E-state index in [4.69, 9.17) is 0 Å². The summed E-state index contributed by atoms with van der Waals surface area (Å²) < 4.78 is 1.78. The highest BCUT2D eigenvalue weighted by molar-refractivity contribution is 5.95. The Kier molecular flexibility index (Phi) is 6.78. The van der Waals surface area contributed by atoms with Gasteiger partial charge in [0.05, 0.1) is 6.20 Å². The summed E-state index contributed by atoms with van der Waals surface area (Å²) in [5, 5.41) is 10.7. The van der Waals surface area contributed by atoms with Crippen LogP contribution in [-0.2, 0) is 18.3 Å². The monoisotopic (exact) mass is 424 g/mol. The molecule has 32 heavy (non-hydrogen) atoms. The van der Waals surface area contributed by atoms with Crippen LogP contribution in [0.1, 0.15) is 22.7 Å². The molecule has 1 heterocycles. The van der Waals surface area contributed by atoms with E-state index in [2.05, 4.69) is 46.9 Å². The molecule has 0 fully saturated rings. The Labute approximate surface area is 189 Å². The van der Waals surface area contributed by atoms with Gasteiger partial charge in [0.1, 0.15) is 6.04 Å². The number of aromatic nitrogens is 2. The van der Waals surface area contributed by atoms with E-state index in [1.807, 2.05) is 74.0 Å². The van der Waals surface area contributed by atoms with Gasteiger partial charge in [0.15, 0.2) is 0 Å². The van der Waals surface area contributed by atoms with Crippen molar-refractivity contribution in [1.29, 1.82) is 0 Å². The van der Waals surface area contributed by atoms with Crippen molar-refractivity contribution < 1.29 is 4.79 Å². The molecule has 4 aromatic rings. The molecule has 0 bridgehead atoms. The second kappa shape index (κ2) is 10.1. The minimum Gasteiger partial charge on any atom is -0.324 e. The Morgan fingerprint density at radius 1 is 0.938 bits per heavy atom. The van der Waals surface area contributed by atoms with Crippen LogP contribution in [0, 0.1) is 6.92 Å². The maximum absolute atomic E-state index is 13.2. The molecular weight excluding hydrogens is 396 g/mol. The molecule has 5 nitrogen and oxygen atoms in total. The third-order valence-corrected chi connectivity index (χ3v) is 5.47. The number of carbonyl (C=O) groups is 1. The van der Waals surface area contributed by atoms with Gasteiger partial charge in [0.25, 0.3) is 0 Å². The van der Waals surface area contributed by atoms with E-state index in [1.54, 1.807) is 4.68 Å². The number of anilines is 1. The Bertz CT molecular complexity index is 1150. The van der Waals surface area contributed by atoms with Crippen molar-refractivity contribution in [1.82, 2.24) is 15.1 Å². The van der Waals surface area contributed by atoms with Crippen molar-refractivity contribution in [3.05, 3.63) is 108 Å². The number of nitrogens with one attached hydrogen (secondary N) is 2. The van der Waals surface area contributed by atoms with Crippen molar-refractivity contribution in [2.75, 3.05) is 11.9 Å². The second-order valence-corrected chi connectivity index (χ2v) is 8.00. The number of hydrogen-bond donors (Lipinski definition) is 2. The molecule has 0 aliphatic heterocycles. The van der Waals surface area contributed by atoms with Crippen LogP contribution >= 0.6 is 0 Å². The number of amides is 1. The maximum Gasteiger partial charge on any atom is 0.246 e. The standard InChI is InChI=1S/C27H28N4O/c1-20-8-10-21(11-9-20)16-17-28-26(23-6-4-3-5-7-23)27(32)30-25-14-12-22(13-15-25)24-18-29-31(2)19-24/h3-15,18-19,26,28H,16-17H2,1-2H3,(H,30,32). The lowest BCUT2D eigenvalue weighted by atomic mass is 10.0. The first kappa shape index (κ1) is 21.5. The normalized spacial score (nSPS) is 11.8. The number of carbonyl (C=O) groups excluding carboxylic acids is 1. The number of hydrogen-bond acceptors (Lipinski definition) is 3. The summed E-state index contributed by atoms with van der Waals surface area (Å²) in [6.07, 6.45) is 4.66. The summed E-state index contributed by atoms with van der Waals surface area (Å²) >= 11 is 0. The lowest BCUT2D eigenvalue weighted by Crippen LogP contribution is -2.34. The van der Waals surface area contributed by atoms with Crippen molar-refractivity contribution in [3.8, 4) is 11.1 Å². The topological polar surface area (TPSA) is 59.0 Å². The Morgan fingerprint density at radius 3 is 2.31 bits per heavy atom. The average Bonchev–Trinajstić information content (AvgIpc) is 3.25. The molecule has 1 unspecified atom stereocenters. The van der Waals surface area contributed by atoms with Gasteiger partial charge >= 0.3 is 0 Å². The van der Waals surface area contributed by atoms with Gasteiger partial charge in [-0.05, 0) is 42.2 Å². The first-order valence-electron chi connectivity index (χ1n) is 10.8. The zero-order valence-electron chi connectivity index (χ0n) is 18.5. The third kappa shape index (κ3) is 5.50. The molecule has 0 saturated heterocycles. The largest absolute Gasteiger partial charge is 0.324 e. The van der Waals surface area contributed by atoms with E-state index >= 15 is 0 Å². The van der Waals surface area contributed by atoms with Crippen molar-refractivity contribution >= 4 is 11.6 Å². The zero-order chi connectivity index (χ0) is 22.3. The molecule has 1 atom stereocenters. The van der Waals surface area contributed by atoms with Crippen LogP contribution in [0.25, 0.3) is 11.1 Å². The number of aryl methyl sites for hydroxylation is 2. The summed E-state index contributed by atoms with van der Waals surface area (Å²) in [6.45, 7) is 2.79. The molecule has 162 valence electrons. The summed E-state index contributed by atoms with van der Waals surface area (Å²) in [4.78, 5) is 13.2. The number of benzene rings is 3. The highest BCUT2D eigenvalue weighted by Gasteiger charge is 2.20. The van der Waals surface area contributed by atoms with Gasteiger partial charge in [-0.25, -0.2) is 0 Å². The highest BCUT2D eigenvalue weighted by Crippen LogP contribution is 2.22. The number of nitrogens with zero attached hydrogens (tertiary/aromatic N) is 2. The fraction of sp³-hybridized carbons (Fsp3) is 0.185. The molecule has 4 rings (SSSR count). The van der Waals surface area contributed by atoms with Gasteiger partial charge < -0.3 is 10.6 Å². The molecule has 0 spiro atoms. The molecule has 0 aliphatic carbocycles. The van der Waals surface area contributed by atoms with E-state index in [0.29, 0.717) is 6.54 Å². The quantitative estimate of drug-likeness (QED) is 0.423. The summed E-state index contributed by atoms with van der Waals surface area (Å²) in [6, 6.07) is 25.8. The van der Waals surface area contributed by atoms with E-state index in [9.17, 15) is 4.79 Å². The van der Waals surface area contributed by atoms with Crippen LogP contribution in [0.5, 0.6) is 0 Å². The van der Waals surface area contributed by atoms with E-state index in [1.165, 1.54) is 11.1 Å². The lowest BCUT2D eigenvalue weighted by Gasteiger charge is -2.19. The minimum atomic E-state index is -0.431. The van der Waals surface area contributed by atoms with E-state index < -0.39 is 6.04 Å². The number of rotatable bonds is 8. The van der Waals surface area contributed by atoms with Crippen molar-refractivity contribution in [2.45, 2.75) is 19.4 Å². The molecule has 2 N–H and O–H groups in total. The molecule has 0 radical (unpaired) electrons. The fourth-order valence-corrected chi connectivity index (χ4v) is 3.65. The van der Waals surface area contributed by atoms with Crippen LogP contribution in [0.4, 0.5) is 5.69 Å². The Balaban J connectivity index is 1.43. The molecular formula is C27H28N4O. The van der Waals surface area contributed by atoms with Gasteiger partial charge in [-0.15, -0.1) is 0 Å². The van der Waals surface area contributed by atoms with Gasteiger partial charge in [-0.1, -0.05) is 72.3 Å². The van der Waals surface area contributed by atoms with E-state index in [-0.39, 0.29) is 5.91 Å². The molecule has 3 aromatic carbocycles. The third-order valence-electron chi connectivity index (χ3n) is 5.47. The maximum atomic E-state index is 13.2. The van der Waals surface area contributed by atoms with Gasteiger partial charge in [0.2, 0.25) is 5.91 Å². The SMILES string of the molecule is Cc1ccc(CCNC(C(=O)Nc2ccc(-c3cnn(C)c3)cc2)c2ccccc2)cc1. The summed E-state index contributed by atoms with van der Waals surface area (Å²) in [7, 11) is 1.90. The van der Waals surface area contributed by atoms with E-state index in [0.717, 1.165) is 28.8 Å². The Morgan fingerprint density at radius 2 is 1.66 bits per heavy atom. The van der Waals surface area contributed by atoms with Crippen LogP contribution in [0.3, 0.4) is 0 Å². The predicted molar refractivity (Wildman–Crippen MR) is 129 cm³/mol. The van der Waals surface area contributed by atoms with Crippen molar-refractivity contribution in [2.24, 2.45) is 7.05 Å². The molecule has 0 saturated carbocycles. The van der Waals surface area contributed by atoms with Gasteiger partial charge in [-0.3, -0.25) is 9.48 Å². The summed E-state index contributed by atoms with van der Waals surface area (Å²) in [5.74, 6) is -0.0748. The predicted octanol–water partition coefficient (Wildman–Crippen LogP) is 4.91. The van der Waals surface area contributed by atoms with Crippen LogP contribution < -0.4 is 10.6 Å². The minimum absolute atomic E-state index is 0.0748. The van der Waals surface area contributed by atoms with Gasteiger partial charge in [0, 0.05) is 31.0 Å². The fourth-order valence-electron chi connectivity index (χ4n) is 3.65. The molecule has 5 heteroatoms. The molecule has 1 aromatic heterocycles. The molecule has 0 aliphatic rings. The van der Waals surface area contributed by atoms with Crippen LogP contribution in [0.2, 0.25) is 0 Å². The van der Waals surface area contributed by atoms with Gasteiger partial charge in [-0.2, -0.15) is 5.10 Å². The Hall–Kier alpha value is -3.70. The first-order chi connectivity index (χ1) is 15.6. The lowest BCUT2D eigenvalue weighted by molar-refractivity contribution is -0.118. The first-order valence-corrected chi connectivity index (χ1v) is 10.8. The van der Waals surface area contributed by atoms with Crippen LogP contribution in [-0.4, -0.2) is 22.2 Å².